The van der Waals surface area contributed by atoms with Crippen LogP contribution < -0.4 is 20.3 Å². The van der Waals surface area contributed by atoms with Gasteiger partial charge >= 0.3 is 6.03 Å². The van der Waals surface area contributed by atoms with Gasteiger partial charge in [-0.05, 0) is 37.3 Å². The van der Waals surface area contributed by atoms with Crippen molar-refractivity contribution < 1.29 is 9.53 Å². The van der Waals surface area contributed by atoms with E-state index in [0.717, 1.165) is 44.6 Å². The first-order valence-electron chi connectivity index (χ1n) is 9.18. The highest BCUT2D eigenvalue weighted by atomic mass is 16.5. The van der Waals surface area contributed by atoms with Crippen molar-refractivity contribution >= 4 is 11.7 Å². The van der Waals surface area contributed by atoms with Crippen LogP contribution in [0.2, 0.25) is 0 Å². The minimum Gasteiger partial charge on any atom is -0.497 e. The molecule has 2 fully saturated rings. The number of methoxy groups -OCH3 is 1. The lowest BCUT2D eigenvalue weighted by Crippen LogP contribution is -2.44. The molecule has 1 aromatic carbocycles. The molecule has 1 unspecified atom stereocenters. The van der Waals surface area contributed by atoms with Gasteiger partial charge in [0.25, 0.3) is 0 Å². The van der Waals surface area contributed by atoms with Crippen molar-refractivity contribution in [2.45, 2.75) is 44.6 Å². The fraction of sp³-hybridized carbons (Fsp3) is 0.632. The number of anilines is 1. The number of amides is 2. The van der Waals surface area contributed by atoms with Gasteiger partial charge in [0.2, 0.25) is 0 Å². The Morgan fingerprint density at radius 1 is 1.25 bits per heavy atom. The number of hydrogen-bond donors (Lipinski definition) is 2. The standard InChI is InChI=1S/C19H29N3O2/c1-24-18-9-5-8-17(12-18)22-11-10-15(14-22)13-20-19(23)21-16-6-3-2-4-7-16/h5,8-9,12,15-16H,2-4,6-7,10-11,13-14H2,1H3,(H2,20,21,23). The zero-order valence-electron chi connectivity index (χ0n) is 14.6. The molecule has 1 aliphatic heterocycles. The molecule has 2 N–H and O–H groups in total. The lowest BCUT2D eigenvalue weighted by molar-refractivity contribution is 0.231. The maximum Gasteiger partial charge on any atom is 0.315 e. The van der Waals surface area contributed by atoms with Crippen LogP contribution in [0, 0.1) is 5.92 Å². The van der Waals surface area contributed by atoms with E-state index in [9.17, 15) is 4.79 Å². The first kappa shape index (κ1) is 16.9. The van der Waals surface area contributed by atoms with Gasteiger partial charge in [-0.3, -0.25) is 0 Å². The summed E-state index contributed by atoms with van der Waals surface area (Å²) in [7, 11) is 1.70. The highest BCUT2D eigenvalue weighted by Crippen LogP contribution is 2.26. The number of carbonyl (C=O) groups is 1. The van der Waals surface area contributed by atoms with Gasteiger partial charge in [0, 0.05) is 37.4 Å². The zero-order valence-corrected chi connectivity index (χ0v) is 14.6. The minimum atomic E-state index is 0.00160. The van der Waals surface area contributed by atoms with Gasteiger partial charge < -0.3 is 20.3 Å². The van der Waals surface area contributed by atoms with Crippen LogP contribution in [0.25, 0.3) is 0 Å². The SMILES string of the molecule is COc1cccc(N2CCC(CNC(=O)NC3CCCCC3)C2)c1. The Labute approximate surface area is 144 Å². The summed E-state index contributed by atoms with van der Waals surface area (Å²) in [5.41, 5.74) is 1.20. The third kappa shape index (κ3) is 4.56. The molecule has 1 saturated carbocycles. The van der Waals surface area contributed by atoms with E-state index in [-0.39, 0.29) is 6.03 Å². The van der Waals surface area contributed by atoms with Crippen LogP contribution in [0.3, 0.4) is 0 Å². The molecule has 0 radical (unpaired) electrons. The molecule has 1 aliphatic carbocycles. The van der Waals surface area contributed by atoms with Crippen molar-refractivity contribution in [3.05, 3.63) is 24.3 Å². The minimum absolute atomic E-state index is 0.00160. The second kappa shape index (κ2) is 8.27. The highest BCUT2D eigenvalue weighted by molar-refractivity contribution is 5.74. The normalized spacial score (nSPS) is 21.5. The molecule has 132 valence electrons. The Kier molecular flexibility index (Phi) is 5.83. The second-order valence-corrected chi connectivity index (χ2v) is 6.99. The molecule has 0 bridgehead atoms. The average Bonchev–Trinajstić information content (AvgIpc) is 3.10. The predicted molar refractivity (Wildman–Crippen MR) is 96.7 cm³/mol. The lowest BCUT2D eigenvalue weighted by atomic mass is 9.96. The summed E-state index contributed by atoms with van der Waals surface area (Å²) < 4.78 is 5.30. The number of benzene rings is 1. The van der Waals surface area contributed by atoms with Gasteiger partial charge in [0.05, 0.1) is 7.11 Å². The summed E-state index contributed by atoms with van der Waals surface area (Å²) in [6, 6.07) is 8.56. The Bertz CT molecular complexity index is 543. The summed E-state index contributed by atoms with van der Waals surface area (Å²) in [5, 5.41) is 6.19. The van der Waals surface area contributed by atoms with Crippen LogP contribution >= 0.6 is 0 Å². The van der Waals surface area contributed by atoms with Gasteiger partial charge in [0.15, 0.2) is 0 Å². The van der Waals surface area contributed by atoms with Crippen molar-refractivity contribution in [3.63, 3.8) is 0 Å². The van der Waals surface area contributed by atoms with Gasteiger partial charge in [-0.25, -0.2) is 4.79 Å². The number of hydrogen-bond acceptors (Lipinski definition) is 3. The average molecular weight is 331 g/mol. The molecule has 3 rings (SSSR count). The van der Waals surface area contributed by atoms with Crippen molar-refractivity contribution in [2.24, 2.45) is 5.92 Å². The zero-order chi connectivity index (χ0) is 16.8. The number of nitrogens with zero attached hydrogens (tertiary/aromatic N) is 1. The molecule has 1 aromatic rings. The smallest absolute Gasteiger partial charge is 0.315 e. The van der Waals surface area contributed by atoms with Crippen LogP contribution in [0.5, 0.6) is 5.75 Å². The van der Waals surface area contributed by atoms with E-state index >= 15 is 0 Å². The largest absolute Gasteiger partial charge is 0.497 e. The third-order valence-electron chi connectivity index (χ3n) is 5.20. The summed E-state index contributed by atoms with van der Waals surface area (Å²) in [4.78, 5) is 14.4. The fourth-order valence-electron chi connectivity index (χ4n) is 3.76. The monoisotopic (exact) mass is 331 g/mol. The molecule has 1 heterocycles. The van der Waals surface area contributed by atoms with Gasteiger partial charge in [0.1, 0.15) is 5.75 Å². The number of carbonyl (C=O) groups excluding carboxylic acids is 1. The number of rotatable bonds is 5. The molecular formula is C19H29N3O2. The molecule has 5 heteroatoms. The number of nitrogens with one attached hydrogen (secondary N) is 2. The molecular weight excluding hydrogens is 302 g/mol. The van der Waals surface area contributed by atoms with Crippen LogP contribution in [0.15, 0.2) is 24.3 Å². The lowest BCUT2D eigenvalue weighted by Gasteiger charge is -2.23. The van der Waals surface area contributed by atoms with Gasteiger partial charge in [-0.1, -0.05) is 25.3 Å². The first-order valence-corrected chi connectivity index (χ1v) is 9.18. The summed E-state index contributed by atoms with van der Waals surface area (Å²) in [6.45, 7) is 2.76. The maximum atomic E-state index is 12.1. The first-order chi connectivity index (χ1) is 11.7. The van der Waals surface area contributed by atoms with E-state index in [0.29, 0.717) is 12.0 Å². The van der Waals surface area contributed by atoms with Gasteiger partial charge in [-0.2, -0.15) is 0 Å². The summed E-state index contributed by atoms with van der Waals surface area (Å²) in [5.74, 6) is 1.40. The fourth-order valence-corrected chi connectivity index (χ4v) is 3.76. The summed E-state index contributed by atoms with van der Waals surface area (Å²) in [6.07, 6.45) is 7.15. The van der Waals surface area contributed by atoms with Crippen molar-refractivity contribution in [2.75, 3.05) is 31.6 Å². The van der Waals surface area contributed by atoms with Crippen LogP contribution in [-0.4, -0.2) is 38.8 Å². The molecule has 1 saturated heterocycles. The van der Waals surface area contributed by atoms with Crippen molar-refractivity contribution in [3.8, 4) is 5.75 Å². The Hall–Kier alpha value is -1.91. The molecule has 2 amide bonds. The Morgan fingerprint density at radius 2 is 2.08 bits per heavy atom. The van der Waals surface area contributed by atoms with Gasteiger partial charge in [-0.15, -0.1) is 0 Å². The van der Waals surface area contributed by atoms with E-state index in [4.69, 9.17) is 4.74 Å². The Balaban J connectivity index is 1.41. The Morgan fingerprint density at radius 3 is 2.88 bits per heavy atom. The number of urea groups is 1. The van der Waals surface area contributed by atoms with E-state index in [1.807, 2.05) is 12.1 Å². The maximum absolute atomic E-state index is 12.1. The summed E-state index contributed by atoms with van der Waals surface area (Å²) >= 11 is 0. The second-order valence-electron chi connectivity index (χ2n) is 6.99. The molecule has 5 nitrogen and oxygen atoms in total. The van der Waals surface area contributed by atoms with E-state index in [1.54, 1.807) is 7.11 Å². The topological polar surface area (TPSA) is 53.6 Å². The predicted octanol–water partition coefficient (Wildman–Crippen LogP) is 3.15. The van der Waals surface area contributed by atoms with Crippen LogP contribution in [0.1, 0.15) is 38.5 Å². The molecule has 1 atom stereocenters. The molecule has 2 aliphatic rings. The molecule has 24 heavy (non-hydrogen) atoms. The molecule has 0 spiro atoms. The van der Waals surface area contributed by atoms with Crippen molar-refractivity contribution in [1.29, 1.82) is 0 Å². The van der Waals surface area contributed by atoms with E-state index < -0.39 is 0 Å². The highest BCUT2D eigenvalue weighted by Gasteiger charge is 2.24. The van der Waals surface area contributed by atoms with E-state index in [1.165, 1.54) is 24.9 Å². The number of ether oxygens (including phenoxy) is 1. The van der Waals surface area contributed by atoms with Crippen LogP contribution in [-0.2, 0) is 0 Å². The van der Waals surface area contributed by atoms with Crippen LogP contribution in [0.4, 0.5) is 10.5 Å². The van der Waals surface area contributed by atoms with E-state index in [2.05, 4.69) is 27.7 Å². The van der Waals surface area contributed by atoms with Crippen molar-refractivity contribution in [1.82, 2.24) is 10.6 Å². The third-order valence-corrected chi connectivity index (χ3v) is 5.20. The quantitative estimate of drug-likeness (QED) is 0.871. The molecule has 0 aromatic heterocycles.